The van der Waals surface area contributed by atoms with E-state index in [-0.39, 0.29) is 6.04 Å². The number of tetrazole rings is 1. The summed E-state index contributed by atoms with van der Waals surface area (Å²) in [5.41, 5.74) is 6.11. The Morgan fingerprint density at radius 1 is 0.838 bits per heavy atom. The molecule has 5 rings (SSSR count). The lowest BCUT2D eigenvalue weighted by molar-refractivity contribution is 0.197. The van der Waals surface area contributed by atoms with Gasteiger partial charge < -0.3 is 14.4 Å². The van der Waals surface area contributed by atoms with Gasteiger partial charge in [-0.3, -0.25) is 4.90 Å². The predicted octanol–water partition coefficient (Wildman–Crippen LogP) is 4.27. The molecule has 0 aliphatic carbocycles. The Kier molecular flexibility index (Phi) is 7.37. The van der Waals surface area contributed by atoms with Crippen LogP contribution in [0, 0.1) is 13.8 Å². The molecule has 3 aromatic carbocycles. The molecule has 0 N–H and O–H groups in total. The first-order chi connectivity index (χ1) is 18.1. The van der Waals surface area contributed by atoms with Crippen molar-refractivity contribution in [2.24, 2.45) is 0 Å². The molecule has 0 spiro atoms. The molecule has 1 fully saturated rings. The summed E-state index contributed by atoms with van der Waals surface area (Å²) < 4.78 is 13.4. The van der Waals surface area contributed by atoms with Crippen LogP contribution in [0.4, 0.5) is 5.69 Å². The Balaban J connectivity index is 1.50. The SMILES string of the molecule is COc1cccc([C@@H](c2nnnn2Cc2ccccc2)N2CCN(c3cccc(C)c3C)CC2)c1OC. The van der Waals surface area contributed by atoms with E-state index >= 15 is 0 Å². The van der Waals surface area contributed by atoms with Gasteiger partial charge in [0, 0.05) is 37.4 Å². The summed E-state index contributed by atoms with van der Waals surface area (Å²) in [4.78, 5) is 4.93. The maximum absolute atomic E-state index is 5.87. The smallest absolute Gasteiger partial charge is 0.173 e. The highest BCUT2D eigenvalue weighted by Crippen LogP contribution is 2.40. The van der Waals surface area contributed by atoms with Crippen molar-refractivity contribution >= 4 is 5.69 Å². The van der Waals surface area contributed by atoms with Crippen molar-refractivity contribution in [2.45, 2.75) is 26.4 Å². The molecular weight excluding hydrogens is 464 g/mol. The van der Waals surface area contributed by atoms with Gasteiger partial charge in [-0.15, -0.1) is 5.10 Å². The van der Waals surface area contributed by atoms with E-state index in [9.17, 15) is 0 Å². The third-order valence-corrected chi connectivity index (χ3v) is 7.30. The Hall–Kier alpha value is -3.91. The second-order valence-electron chi connectivity index (χ2n) is 9.41. The molecule has 8 nitrogen and oxygen atoms in total. The Morgan fingerprint density at radius 3 is 2.32 bits per heavy atom. The number of piperazine rings is 1. The van der Waals surface area contributed by atoms with Gasteiger partial charge in [0.2, 0.25) is 0 Å². The molecule has 0 radical (unpaired) electrons. The number of methoxy groups -OCH3 is 2. The number of hydrogen-bond donors (Lipinski definition) is 0. The molecule has 1 saturated heterocycles. The number of aryl methyl sites for hydroxylation is 1. The average Bonchev–Trinajstić information content (AvgIpc) is 3.38. The normalized spacial score (nSPS) is 15.0. The van der Waals surface area contributed by atoms with Crippen molar-refractivity contribution in [1.29, 1.82) is 0 Å². The number of benzene rings is 3. The summed E-state index contributed by atoms with van der Waals surface area (Å²) in [5.74, 6) is 2.19. The lowest BCUT2D eigenvalue weighted by Crippen LogP contribution is -2.48. The molecule has 0 bridgehead atoms. The van der Waals surface area contributed by atoms with Crippen LogP contribution in [0.1, 0.15) is 34.1 Å². The molecule has 1 atom stereocenters. The van der Waals surface area contributed by atoms with Crippen molar-refractivity contribution < 1.29 is 9.47 Å². The van der Waals surface area contributed by atoms with Gasteiger partial charge in [-0.25, -0.2) is 4.68 Å². The number of aromatic nitrogens is 4. The van der Waals surface area contributed by atoms with E-state index in [2.05, 4.69) is 75.6 Å². The van der Waals surface area contributed by atoms with Crippen LogP contribution in [0.2, 0.25) is 0 Å². The number of ether oxygens (including phenoxy) is 2. The highest BCUT2D eigenvalue weighted by molar-refractivity contribution is 5.56. The first-order valence-corrected chi connectivity index (χ1v) is 12.7. The molecule has 1 aromatic heterocycles. The van der Waals surface area contributed by atoms with E-state index in [1.54, 1.807) is 14.2 Å². The Morgan fingerprint density at radius 2 is 1.59 bits per heavy atom. The van der Waals surface area contributed by atoms with Crippen molar-refractivity contribution in [2.75, 3.05) is 45.3 Å². The van der Waals surface area contributed by atoms with Crippen LogP contribution in [-0.4, -0.2) is 65.5 Å². The minimum Gasteiger partial charge on any atom is -0.493 e. The molecule has 192 valence electrons. The fourth-order valence-electron chi connectivity index (χ4n) is 5.20. The quantitative estimate of drug-likeness (QED) is 0.359. The van der Waals surface area contributed by atoms with Crippen LogP contribution in [0.15, 0.2) is 66.7 Å². The monoisotopic (exact) mass is 498 g/mol. The summed E-state index contributed by atoms with van der Waals surface area (Å²) in [6.45, 7) is 8.51. The lowest BCUT2D eigenvalue weighted by atomic mass is 10.0. The highest BCUT2D eigenvalue weighted by atomic mass is 16.5. The lowest BCUT2D eigenvalue weighted by Gasteiger charge is -2.40. The fourth-order valence-corrected chi connectivity index (χ4v) is 5.20. The third-order valence-electron chi connectivity index (χ3n) is 7.30. The molecule has 4 aromatic rings. The topological polar surface area (TPSA) is 68.5 Å². The summed E-state index contributed by atoms with van der Waals surface area (Å²) >= 11 is 0. The Bertz CT molecular complexity index is 1330. The standard InChI is InChI=1S/C29H34N6O2/c1-21-10-8-14-25(22(21)2)33-16-18-34(19-17-33)27(24-13-9-15-26(36-3)28(24)37-4)29-30-31-32-35(29)20-23-11-6-5-7-12-23/h5-15,27H,16-20H2,1-4H3/t27-/m0/s1. The van der Waals surface area contributed by atoms with Gasteiger partial charge >= 0.3 is 0 Å². The van der Waals surface area contributed by atoms with Crippen molar-refractivity contribution in [1.82, 2.24) is 25.1 Å². The first-order valence-electron chi connectivity index (χ1n) is 12.7. The predicted molar refractivity (Wildman–Crippen MR) is 144 cm³/mol. The number of nitrogens with zero attached hydrogens (tertiary/aromatic N) is 6. The Labute approximate surface area is 218 Å². The van der Waals surface area contributed by atoms with Gasteiger partial charge in [0.05, 0.1) is 20.8 Å². The van der Waals surface area contributed by atoms with Crippen molar-refractivity contribution in [3.8, 4) is 11.5 Å². The molecule has 1 aliphatic rings. The van der Waals surface area contributed by atoms with Crippen LogP contribution >= 0.6 is 0 Å². The summed E-state index contributed by atoms with van der Waals surface area (Å²) in [5, 5.41) is 13.0. The maximum atomic E-state index is 5.87. The number of para-hydroxylation sites is 1. The molecular formula is C29H34N6O2. The summed E-state index contributed by atoms with van der Waals surface area (Å²) in [6, 6.07) is 22.6. The van der Waals surface area contributed by atoms with E-state index in [0.29, 0.717) is 18.0 Å². The van der Waals surface area contributed by atoms with Crippen LogP contribution in [-0.2, 0) is 6.54 Å². The molecule has 0 saturated carbocycles. The van der Waals surface area contributed by atoms with E-state index in [4.69, 9.17) is 9.47 Å². The molecule has 0 amide bonds. The van der Waals surface area contributed by atoms with Gasteiger partial charge in [-0.2, -0.15) is 0 Å². The highest BCUT2D eigenvalue weighted by Gasteiger charge is 2.33. The van der Waals surface area contributed by atoms with E-state index < -0.39 is 0 Å². The molecule has 1 aliphatic heterocycles. The zero-order valence-corrected chi connectivity index (χ0v) is 22.0. The van der Waals surface area contributed by atoms with Gasteiger partial charge in [-0.05, 0) is 53.1 Å². The average molecular weight is 499 g/mol. The van der Waals surface area contributed by atoms with Gasteiger partial charge in [0.25, 0.3) is 0 Å². The zero-order chi connectivity index (χ0) is 25.8. The van der Waals surface area contributed by atoms with Crippen LogP contribution in [0.25, 0.3) is 0 Å². The van der Waals surface area contributed by atoms with Gasteiger partial charge in [-0.1, -0.05) is 54.6 Å². The summed E-state index contributed by atoms with van der Waals surface area (Å²) in [7, 11) is 3.35. The second kappa shape index (κ2) is 11.0. The van der Waals surface area contributed by atoms with E-state index in [1.807, 2.05) is 35.0 Å². The number of hydrogen-bond acceptors (Lipinski definition) is 7. The first kappa shape index (κ1) is 24.8. The van der Waals surface area contributed by atoms with Gasteiger partial charge in [0.15, 0.2) is 17.3 Å². The number of anilines is 1. The summed E-state index contributed by atoms with van der Waals surface area (Å²) in [6.07, 6.45) is 0. The maximum Gasteiger partial charge on any atom is 0.173 e. The van der Waals surface area contributed by atoms with Gasteiger partial charge in [0.1, 0.15) is 6.04 Å². The van der Waals surface area contributed by atoms with Crippen molar-refractivity contribution in [3.05, 3.63) is 94.8 Å². The molecule has 37 heavy (non-hydrogen) atoms. The second-order valence-corrected chi connectivity index (χ2v) is 9.41. The van der Waals surface area contributed by atoms with E-state index in [0.717, 1.165) is 43.1 Å². The minimum absolute atomic E-state index is 0.190. The largest absolute Gasteiger partial charge is 0.493 e. The van der Waals surface area contributed by atoms with Crippen LogP contribution in [0.5, 0.6) is 11.5 Å². The van der Waals surface area contributed by atoms with Crippen LogP contribution in [0.3, 0.4) is 0 Å². The van der Waals surface area contributed by atoms with Crippen LogP contribution < -0.4 is 14.4 Å². The molecule has 8 heteroatoms. The number of rotatable bonds is 8. The third kappa shape index (κ3) is 5.02. The van der Waals surface area contributed by atoms with E-state index in [1.165, 1.54) is 16.8 Å². The zero-order valence-electron chi connectivity index (χ0n) is 22.0. The van der Waals surface area contributed by atoms with Crippen molar-refractivity contribution in [3.63, 3.8) is 0 Å². The fraction of sp³-hybridized carbons (Fsp3) is 0.345. The molecule has 2 heterocycles. The minimum atomic E-state index is -0.190. The molecule has 0 unspecified atom stereocenters.